The minimum absolute atomic E-state index is 0.129. The molecule has 0 saturated heterocycles. The summed E-state index contributed by atoms with van der Waals surface area (Å²) in [5, 5.41) is 17.2. The van der Waals surface area contributed by atoms with Gasteiger partial charge in [0.05, 0.1) is 18.5 Å². The lowest BCUT2D eigenvalue weighted by molar-refractivity contribution is -0.119. The van der Waals surface area contributed by atoms with Gasteiger partial charge >= 0.3 is 6.18 Å². The van der Waals surface area contributed by atoms with E-state index in [1.54, 1.807) is 6.07 Å². The van der Waals surface area contributed by atoms with E-state index in [2.05, 4.69) is 4.98 Å². The molecule has 0 unspecified atom stereocenters. The van der Waals surface area contributed by atoms with Crippen LogP contribution in [0.5, 0.6) is 0 Å². The topological polar surface area (TPSA) is 60.2 Å². The Hall–Kier alpha value is -1.81. The average molecular weight is 245 g/mol. The molecular formula is C10H10F3N3O. The summed E-state index contributed by atoms with van der Waals surface area (Å²) in [7, 11) is 0. The first kappa shape index (κ1) is 13.3. The van der Waals surface area contributed by atoms with E-state index in [1.807, 2.05) is 0 Å². The molecule has 0 atom stereocenters. The number of aromatic nitrogens is 1. The Labute approximate surface area is 95.9 Å². The highest BCUT2D eigenvalue weighted by molar-refractivity contribution is 5.46. The number of alkyl halides is 3. The minimum Gasteiger partial charge on any atom is -0.395 e. The van der Waals surface area contributed by atoms with Crippen molar-refractivity contribution in [2.24, 2.45) is 0 Å². The average Bonchev–Trinajstić information content (AvgIpc) is 2.27. The molecule has 0 fully saturated rings. The van der Waals surface area contributed by atoms with Crippen LogP contribution >= 0.6 is 0 Å². The zero-order valence-electron chi connectivity index (χ0n) is 8.78. The van der Waals surface area contributed by atoms with Gasteiger partial charge in [0.15, 0.2) is 0 Å². The molecule has 0 radical (unpaired) electrons. The molecule has 0 aliphatic heterocycles. The van der Waals surface area contributed by atoms with Crippen molar-refractivity contribution in [3.8, 4) is 6.07 Å². The van der Waals surface area contributed by atoms with Crippen LogP contribution in [0.1, 0.15) is 5.69 Å². The van der Waals surface area contributed by atoms with Gasteiger partial charge in [0.1, 0.15) is 18.3 Å². The summed E-state index contributed by atoms with van der Waals surface area (Å²) in [4.78, 5) is 4.63. The summed E-state index contributed by atoms with van der Waals surface area (Å²) >= 11 is 0. The van der Waals surface area contributed by atoms with Gasteiger partial charge < -0.3 is 10.0 Å². The van der Waals surface area contributed by atoms with Gasteiger partial charge in [-0.15, -0.1) is 0 Å². The fraction of sp³-hybridized carbons (Fsp3) is 0.400. The molecule has 1 aromatic rings. The zero-order valence-corrected chi connectivity index (χ0v) is 8.78. The molecule has 0 aliphatic rings. The number of aliphatic hydroxyl groups excluding tert-OH is 1. The Kier molecular flexibility index (Phi) is 4.29. The van der Waals surface area contributed by atoms with E-state index in [0.717, 1.165) is 4.90 Å². The summed E-state index contributed by atoms with van der Waals surface area (Å²) in [5.41, 5.74) is 0.347. The normalized spacial score (nSPS) is 11.0. The van der Waals surface area contributed by atoms with Crippen molar-refractivity contribution in [2.45, 2.75) is 6.18 Å². The molecule has 1 N–H and O–H groups in total. The van der Waals surface area contributed by atoms with Crippen LogP contribution in [0.3, 0.4) is 0 Å². The number of hydrogen-bond donors (Lipinski definition) is 1. The Bertz CT molecular complexity index is 397. The van der Waals surface area contributed by atoms with Gasteiger partial charge in [-0.05, 0) is 12.1 Å². The zero-order chi connectivity index (χ0) is 12.9. The highest BCUT2D eigenvalue weighted by Gasteiger charge is 2.30. The summed E-state index contributed by atoms with van der Waals surface area (Å²) in [5.74, 6) is 0. The largest absolute Gasteiger partial charge is 0.405 e. The monoisotopic (exact) mass is 245 g/mol. The molecule has 17 heavy (non-hydrogen) atoms. The number of nitriles is 1. The fourth-order valence-corrected chi connectivity index (χ4v) is 1.28. The highest BCUT2D eigenvalue weighted by Crippen LogP contribution is 2.21. The molecule has 0 saturated carbocycles. The number of halogens is 3. The molecule has 0 bridgehead atoms. The van der Waals surface area contributed by atoms with Crippen LogP contribution in [0.15, 0.2) is 18.3 Å². The third-order valence-electron chi connectivity index (χ3n) is 1.97. The van der Waals surface area contributed by atoms with E-state index >= 15 is 0 Å². The highest BCUT2D eigenvalue weighted by atomic mass is 19.4. The molecule has 1 rings (SSSR count). The van der Waals surface area contributed by atoms with Gasteiger partial charge in [-0.1, -0.05) is 0 Å². The molecule has 4 nitrogen and oxygen atoms in total. The lowest BCUT2D eigenvalue weighted by Crippen LogP contribution is -2.36. The van der Waals surface area contributed by atoms with Crippen LogP contribution in [0.2, 0.25) is 0 Å². The summed E-state index contributed by atoms with van der Waals surface area (Å²) < 4.78 is 36.8. The van der Waals surface area contributed by atoms with Gasteiger partial charge in [0, 0.05) is 6.54 Å². The van der Waals surface area contributed by atoms with Crippen LogP contribution in [-0.2, 0) is 0 Å². The number of nitrogens with zero attached hydrogens (tertiary/aromatic N) is 3. The first-order chi connectivity index (χ1) is 7.96. The minimum atomic E-state index is -4.36. The van der Waals surface area contributed by atoms with E-state index < -0.39 is 19.3 Å². The van der Waals surface area contributed by atoms with E-state index in [1.165, 1.54) is 18.3 Å². The van der Waals surface area contributed by atoms with Crippen molar-refractivity contribution >= 4 is 5.69 Å². The van der Waals surface area contributed by atoms with Gasteiger partial charge in [0.25, 0.3) is 0 Å². The lowest BCUT2D eigenvalue weighted by atomic mass is 10.3. The number of rotatable bonds is 4. The fourth-order valence-electron chi connectivity index (χ4n) is 1.28. The standard InChI is InChI=1S/C10H10F3N3O/c11-10(12,13)7-16(3-4-17)9-2-1-8(5-14)15-6-9/h1-2,6,17H,3-4,7H2. The smallest absolute Gasteiger partial charge is 0.395 e. The van der Waals surface area contributed by atoms with Crippen LogP contribution < -0.4 is 4.90 Å². The summed E-state index contributed by atoms with van der Waals surface area (Å²) in [6, 6.07) is 4.47. The molecule has 1 heterocycles. The van der Waals surface area contributed by atoms with Crippen molar-refractivity contribution in [3.05, 3.63) is 24.0 Å². The predicted octanol–water partition coefficient (Wildman–Crippen LogP) is 1.31. The summed E-state index contributed by atoms with van der Waals surface area (Å²) in [6.45, 7) is -1.70. The van der Waals surface area contributed by atoms with Gasteiger partial charge in [-0.2, -0.15) is 18.4 Å². The predicted molar refractivity (Wildman–Crippen MR) is 54.3 cm³/mol. The van der Waals surface area contributed by atoms with Gasteiger partial charge in [0.2, 0.25) is 0 Å². The quantitative estimate of drug-likeness (QED) is 0.868. The van der Waals surface area contributed by atoms with Crippen LogP contribution in [-0.4, -0.2) is 36.0 Å². The van der Waals surface area contributed by atoms with E-state index in [-0.39, 0.29) is 17.9 Å². The Morgan fingerprint density at radius 2 is 2.12 bits per heavy atom. The number of pyridine rings is 1. The Balaban J connectivity index is 2.86. The first-order valence-electron chi connectivity index (χ1n) is 4.75. The second-order valence-corrected chi connectivity index (χ2v) is 3.27. The van der Waals surface area contributed by atoms with Crippen LogP contribution in [0.4, 0.5) is 18.9 Å². The second kappa shape index (κ2) is 5.50. The van der Waals surface area contributed by atoms with Crippen molar-refractivity contribution < 1.29 is 18.3 Å². The lowest BCUT2D eigenvalue weighted by Gasteiger charge is -2.24. The maximum absolute atomic E-state index is 12.3. The molecule has 92 valence electrons. The molecule has 1 aromatic heterocycles. The molecular weight excluding hydrogens is 235 g/mol. The third-order valence-corrected chi connectivity index (χ3v) is 1.97. The SMILES string of the molecule is N#Cc1ccc(N(CCO)CC(F)(F)F)cn1. The molecule has 7 heteroatoms. The van der Waals surface area contributed by atoms with E-state index in [9.17, 15) is 13.2 Å². The van der Waals surface area contributed by atoms with Gasteiger partial charge in [-0.25, -0.2) is 4.98 Å². The van der Waals surface area contributed by atoms with Crippen molar-refractivity contribution in [1.29, 1.82) is 5.26 Å². The Morgan fingerprint density at radius 3 is 2.53 bits per heavy atom. The van der Waals surface area contributed by atoms with Crippen molar-refractivity contribution in [2.75, 3.05) is 24.6 Å². The van der Waals surface area contributed by atoms with Gasteiger partial charge in [-0.3, -0.25) is 0 Å². The maximum atomic E-state index is 12.3. The number of hydrogen-bond acceptors (Lipinski definition) is 4. The van der Waals surface area contributed by atoms with Crippen LogP contribution in [0.25, 0.3) is 0 Å². The van der Waals surface area contributed by atoms with Crippen LogP contribution in [0, 0.1) is 11.3 Å². The van der Waals surface area contributed by atoms with Crippen molar-refractivity contribution in [1.82, 2.24) is 4.98 Å². The first-order valence-corrected chi connectivity index (χ1v) is 4.75. The third kappa shape index (κ3) is 4.28. The second-order valence-electron chi connectivity index (χ2n) is 3.27. The number of aliphatic hydroxyl groups is 1. The van der Waals surface area contributed by atoms with E-state index in [0.29, 0.717) is 0 Å². The molecule has 0 aliphatic carbocycles. The Morgan fingerprint density at radius 1 is 1.41 bits per heavy atom. The van der Waals surface area contributed by atoms with E-state index in [4.69, 9.17) is 10.4 Å². The maximum Gasteiger partial charge on any atom is 0.405 e. The molecule has 0 amide bonds. The van der Waals surface area contributed by atoms with Crippen molar-refractivity contribution in [3.63, 3.8) is 0 Å². The molecule has 0 spiro atoms. The number of anilines is 1. The summed E-state index contributed by atoms with van der Waals surface area (Å²) in [6.07, 6.45) is -3.18. The molecule has 0 aromatic carbocycles.